The van der Waals surface area contributed by atoms with Gasteiger partial charge in [-0.05, 0) is 13.8 Å². The van der Waals surface area contributed by atoms with E-state index < -0.39 is 15.3 Å². The van der Waals surface area contributed by atoms with Crippen molar-refractivity contribution in [3.05, 3.63) is 15.6 Å². The highest BCUT2D eigenvalue weighted by molar-refractivity contribution is 7.90. The van der Waals surface area contributed by atoms with E-state index in [9.17, 15) is 8.42 Å². The lowest BCUT2D eigenvalue weighted by molar-refractivity contribution is 0.591. The lowest BCUT2D eigenvalue weighted by Crippen LogP contribution is -2.17. The van der Waals surface area contributed by atoms with Crippen LogP contribution in [0.15, 0.2) is 0 Å². The number of thiazole rings is 1. The van der Waals surface area contributed by atoms with E-state index in [1.54, 1.807) is 13.8 Å². The summed E-state index contributed by atoms with van der Waals surface area (Å²) in [6, 6.07) is 2.19. The number of sulfone groups is 1. The largest absolute Gasteiger partial charge is 0.244 e. The van der Waals surface area contributed by atoms with Crippen LogP contribution in [0.3, 0.4) is 0 Å². The predicted octanol–water partition coefficient (Wildman–Crippen LogP) is 1.42. The van der Waals surface area contributed by atoms with Crippen molar-refractivity contribution in [2.24, 2.45) is 0 Å². The fourth-order valence-corrected chi connectivity index (χ4v) is 4.48. The minimum Gasteiger partial charge on any atom is -0.244 e. The average molecular weight is 256 g/mol. The molecule has 0 amide bonds. The molecule has 1 aromatic heterocycles. The molecular weight excluding hydrogens is 244 g/mol. The Bertz CT molecular complexity index is 564. The quantitative estimate of drug-likeness (QED) is 0.761. The molecule has 0 fully saturated rings. The summed E-state index contributed by atoms with van der Waals surface area (Å²) in [7, 11) is -2.95. The van der Waals surface area contributed by atoms with Gasteiger partial charge in [-0.3, -0.25) is 0 Å². The summed E-state index contributed by atoms with van der Waals surface area (Å²) in [4.78, 5) is 5.20. The monoisotopic (exact) mass is 256 g/mol. The smallest absolute Gasteiger partial charge is 0.155 e. The van der Waals surface area contributed by atoms with Gasteiger partial charge in [-0.2, -0.15) is 5.26 Å². The van der Waals surface area contributed by atoms with Crippen molar-refractivity contribution in [1.29, 1.82) is 5.26 Å². The number of fused-ring (bicyclic) bond motifs is 1. The third-order valence-corrected chi connectivity index (χ3v) is 5.75. The molecule has 2 heterocycles. The molecule has 0 saturated carbocycles. The van der Waals surface area contributed by atoms with Crippen LogP contribution < -0.4 is 0 Å². The number of aromatic nitrogens is 1. The second kappa shape index (κ2) is 3.54. The summed E-state index contributed by atoms with van der Waals surface area (Å²) in [6.45, 7) is 3.59. The third kappa shape index (κ3) is 1.97. The van der Waals surface area contributed by atoms with E-state index in [0.717, 1.165) is 15.6 Å². The predicted molar refractivity (Wildman–Crippen MR) is 61.9 cm³/mol. The van der Waals surface area contributed by atoms with Gasteiger partial charge in [-0.25, -0.2) is 13.4 Å². The van der Waals surface area contributed by atoms with Gasteiger partial charge in [0.2, 0.25) is 0 Å². The van der Waals surface area contributed by atoms with Crippen molar-refractivity contribution in [3.8, 4) is 6.07 Å². The molecular formula is C10H12N2O2S2. The molecule has 86 valence electrons. The lowest BCUT2D eigenvalue weighted by Gasteiger charge is -2.09. The fourth-order valence-electron chi connectivity index (χ4n) is 1.53. The van der Waals surface area contributed by atoms with Crippen molar-refractivity contribution in [2.45, 2.75) is 31.4 Å². The molecule has 1 aromatic rings. The van der Waals surface area contributed by atoms with Crippen molar-refractivity contribution >= 4 is 21.2 Å². The Labute approximate surface area is 98.9 Å². The van der Waals surface area contributed by atoms with Gasteiger partial charge in [-0.1, -0.05) is 0 Å². The Morgan fingerprint density at radius 1 is 1.50 bits per heavy atom. The van der Waals surface area contributed by atoms with E-state index in [2.05, 4.69) is 11.1 Å². The van der Waals surface area contributed by atoms with Gasteiger partial charge in [0.1, 0.15) is 10.4 Å². The highest BCUT2D eigenvalue weighted by Crippen LogP contribution is 2.32. The van der Waals surface area contributed by atoms with E-state index in [4.69, 9.17) is 5.26 Å². The average Bonchev–Trinajstić information content (AvgIpc) is 2.59. The number of nitriles is 1. The van der Waals surface area contributed by atoms with Gasteiger partial charge in [0.05, 0.1) is 23.3 Å². The molecule has 0 N–H and O–H groups in total. The van der Waals surface area contributed by atoms with Gasteiger partial charge in [-0.15, -0.1) is 11.3 Å². The summed E-state index contributed by atoms with van der Waals surface area (Å²) >= 11 is 1.36. The molecule has 0 unspecified atom stereocenters. The molecule has 1 aliphatic rings. The van der Waals surface area contributed by atoms with Crippen LogP contribution in [0.2, 0.25) is 0 Å². The van der Waals surface area contributed by atoms with Crippen LogP contribution in [-0.4, -0.2) is 19.2 Å². The van der Waals surface area contributed by atoms with Gasteiger partial charge in [0.15, 0.2) is 9.84 Å². The van der Waals surface area contributed by atoms with Crippen LogP contribution in [0.5, 0.6) is 0 Å². The van der Waals surface area contributed by atoms with Crippen LogP contribution >= 0.6 is 11.3 Å². The Balaban J connectivity index is 2.44. The lowest BCUT2D eigenvalue weighted by atomic mass is 9.97. The van der Waals surface area contributed by atoms with Crippen molar-refractivity contribution in [1.82, 2.24) is 4.98 Å². The normalized spacial score (nSPS) is 18.8. The summed E-state index contributed by atoms with van der Waals surface area (Å²) in [5.41, 5.74) is 0.226. The highest BCUT2D eigenvalue weighted by Gasteiger charge is 2.30. The number of aryl methyl sites for hydroxylation is 1. The molecule has 1 aliphatic heterocycles. The number of nitrogens with zero attached hydrogens (tertiary/aromatic N) is 2. The first-order valence-electron chi connectivity index (χ1n) is 4.95. The number of rotatable bonds is 1. The zero-order valence-electron chi connectivity index (χ0n) is 9.15. The second-order valence-electron chi connectivity index (χ2n) is 4.47. The van der Waals surface area contributed by atoms with E-state index in [1.165, 1.54) is 11.3 Å². The molecule has 0 bridgehead atoms. The van der Waals surface area contributed by atoms with Crippen LogP contribution in [0.1, 0.15) is 29.4 Å². The fraction of sp³-hybridized carbons (Fsp3) is 0.600. The molecule has 0 saturated heterocycles. The Morgan fingerprint density at radius 2 is 2.19 bits per heavy atom. The Morgan fingerprint density at radius 3 is 2.81 bits per heavy atom. The minimum absolute atomic E-state index is 0.0848. The first-order valence-corrected chi connectivity index (χ1v) is 7.58. The van der Waals surface area contributed by atoms with E-state index in [-0.39, 0.29) is 11.5 Å². The minimum atomic E-state index is -2.95. The summed E-state index contributed by atoms with van der Waals surface area (Å²) in [5.74, 6) is 0.262. The van der Waals surface area contributed by atoms with Crippen LogP contribution in [0, 0.1) is 11.3 Å². The topological polar surface area (TPSA) is 70.8 Å². The van der Waals surface area contributed by atoms with Gasteiger partial charge in [0, 0.05) is 11.3 Å². The standard InChI is InChI=1S/C10H12N2O2S2/c1-10(2,6-11)9-12-7-3-4-16(13,14)5-8(7)15-9/h3-5H2,1-2H3. The first kappa shape index (κ1) is 11.6. The van der Waals surface area contributed by atoms with E-state index in [1.807, 2.05) is 0 Å². The molecule has 16 heavy (non-hydrogen) atoms. The number of hydrogen-bond donors (Lipinski definition) is 0. The Kier molecular flexibility index (Phi) is 2.55. The molecule has 4 nitrogen and oxygen atoms in total. The van der Waals surface area contributed by atoms with Crippen LogP contribution in [0.4, 0.5) is 0 Å². The van der Waals surface area contributed by atoms with Gasteiger partial charge < -0.3 is 0 Å². The van der Waals surface area contributed by atoms with Gasteiger partial charge >= 0.3 is 0 Å². The SMILES string of the molecule is CC(C)(C#N)c1nc2c(s1)CS(=O)(=O)CC2. The second-order valence-corrected chi connectivity index (χ2v) is 7.74. The Hall–Kier alpha value is -0.930. The highest BCUT2D eigenvalue weighted by atomic mass is 32.2. The maximum atomic E-state index is 11.5. The van der Waals surface area contributed by atoms with Crippen molar-refractivity contribution < 1.29 is 8.42 Å². The van der Waals surface area contributed by atoms with Crippen molar-refractivity contribution in [3.63, 3.8) is 0 Å². The molecule has 0 aliphatic carbocycles. The maximum absolute atomic E-state index is 11.5. The van der Waals surface area contributed by atoms with Gasteiger partial charge in [0.25, 0.3) is 0 Å². The molecule has 2 rings (SSSR count). The molecule has 0 radical (unpaired) electrons. The maximum Gasteiger partial charge on any atom is 0.155 e. The summed E-state index contributed by atoms with van der Waals surface area (Å²) in [6.07, 6.45) is 0.482. The molecule has 0 spiro atoms. The summed E-state index contributed by atoms with van der Waals surface area (Å²) < 4.78 is 22.9. The van der Waals surface area contributed by atoms with Crippen LogP contribution in [0.25, 0.3) is 0 Å². The molecule has 0 aromatic carbocycles. The molecule has 0 atom stereocenters. The first-order chi connectivity index (χ1) is 7.34. The van der Waals surface area contributed by atoms with E-state index in [0.29, 0.717) is 6.42 Å². The number of hydrogen-bond acceptors (Lipinski definition) is 5. The molecule has 6 heteroatoms. The summed E-state index contributed by atoms with van der Waals surface area (Å²) in [5, 5.41) is 9.73. The third-order valence-electron chi connectivity index (χ3n) is 2.59. The van der Waals surface area contributed by atoms with Crippen LogP contribution in [-0.2, 0) is 27.4 Å². The zero-order chi connectivity index (χ0) is 12.0. The van der Waals surface area contributed by atoms with Crippen molar-refractivity contribution in [2.75, 3.05) is 5.75 Å². The van der Waals surface area contributed by atoms with E-state index >= 15 is 0 Å². The zero-order valence-corrected chi connectivity index (χ0v) is 10.8.